The number of imidazole rings is 1. The minimum atomic E-state index is -0.753. The number of aliphatic hydroxyl groups is 1. The van der Waals surface area contributed by atoms with E-state index in [1.54, 1.807) is 0 Å². The third kappa shape index (κ3) is 3.53. The van der Waals surface area contributed by atoms with Crippen molar-refractivity contribution in [1.29, 1.82) is 0 Å². The van der Waals surface area contributed by atoms with Crippen molar-refractivity contribution in [3.8, 4) is 0 Å². The maximum atomic E-state index is 12.2. The number of rotatable bonds is 4. The first-order chi connectivity index (χ1) is 11.5. The molecule has 0 saturated heterocycles. The Kier molecular flexibility index (Phi) is 4.76. The Morgan fingerprint density at radius 1 is 1.33 bits per heavy atom. The molecule has 6 heteroatoms. The van der Waals surface area contributed by atoms with E-state index in [1.165, 1.54) is 0 Å². The fourth-order valence-electron chi connectivity index (χ4n) is 3.50. The molecule has 0 spiro atoms. The maximum Gasteiger partial charge on any atom is 0.315 e. The van der Waals surface area contributed by atoms with Gasteiger partial charge in [-0.1, -0.05) is 31.4 Å². The molecule has 0 bridgehead atoms. The van der Waals surface area contributed by atoms with Gasteiger partial charge in [-0.15, -0.1) is 0 Å². The molecule has 2 amide bonds. The smallest absolute Gasteiger partial charge is 0.315 e. The molecule has 1 aliphatic rings. The molecular weight excluding hydrogens is 304 g/mol. The molecule has 0 radical (unpaired) electrons. The summed E-state index contributed by atoms with van der Waals surface area (Å²) in [6, 6.07) is 7.41. The van der Waals surface area contributed by atoms with Gasteiger partial charge in [0.05, 0.1) is 22.7 Å². The summed E-state index contributed by atoms with van der Waals surface area (Å²) in [7, 11) is 1.95. The lowest BCUT2D eigenvalue weighted by Gasteiger charge is -2.32. The monoisotopic (exact) mass is 330 g/mol. The van der Waals surface area contributed by atoms with Crippen molar-refractivity contribution in [3.63, 3.8) is 0 Å². The second-order valence-electron chi connectivity index (χ2n) is 6.85. The van der Waals surface area contributed by atoms with Gasteiger partial charge in [0, 0.05) is 13.6 Å². The number of hydrogen-bond acceptors (Lipinski definition) is 3. The number of nitrogens with one attached hydrogen (secondary N) is 2. The van der Waals surface area contributed by atoms with Crippen molar-refractivity contribution in [2.24, 2.45) is 7.05 Å². The van der Waals surface area contributed by atoms with Crippen molar-refractivity contribution < 1.29 is 9.90 Å². The van der Waals surface area contributed by atoms with Crippen LogP contribution >= 0.6 is 0 Å². The van der Waals surface area contributed by atoms with Crippen LogP contribution in [-0.4, -0.2) is 32.8 Å². The maximum absolute atomic E-state index is 12.2. The normalized spacial score (nSPS) is 18.3. The highest BCUT2D eigenvalue weighted by molar-refractivity contribution is 5.77. The number of amides is 2. The van der Waals surface area contributed by atoms with E-state index in [4.69, 9.17) is 0 Å². The van der Waals surface area contributed by atoms with E-state index in [-0.39, 0.29) is 12.1 Å². The summed E-state index contributed by atoms with van der Waals surface area (Å²) >= 11 is 0. The molecule has 130 valence electrons. The molecule has 1 fully saturated rings. The molecule has 2 aromatic rings. The van der Waals surface area contributed by atoms with Crippen molar-refractivity contribution in [2.75, 3.05) is 6.54 Å². The van der Waals surface area contributed by atoms with Crippen LogP contribution < -0.4 is 10.6 Å². The van der Waals surface area contributed by atoms with Gasteiger partial charge in [-0.3, -0.25) is 0 Å². The molecule has 1 aromatic heterocycles. The standard InChI is InChI=1S/C18H26N4O2/c1-13(16-21-14-8-4-5-9-15(14)22(16)2)20-17(23)19-12-18(24)10-6-3-7-11-18/h4-5,8-9,13,24H,3,6-7,10-12H2,1-2H3,(H2,19,20,23)/t13-/m1/s1. The van der Waals surface area contributed by atoms with Gasteiger partial charge in [-0.2, -0.15) is 0 Å². The minimum absolute atomic E-state index is 0.219. The number of para-hydroxylation sites is 2. The lowest BCUT2D eigenvalue weighted by molar-refractivity contribution is 0.00713. The van der Waals surface area contributed by atoms with Gasteiger partial charge in [0.15, 0.2) is 0 Å². The van der Waals surface area contributed by atoms with Crippen molar-refractivity contribution in [3.05, 3.63) is 30.1 Å². The molecular formula is C18H26N4O2. The number of hydrogen-bond donors (Lipinski definition) is 3. The van der Waals surface area contributed by atoms with Crippen molar-refractivity contribution >= 4 is 17.1 Å². The summed E-state index contributed by atoms with van der Waals surface area (Å²) in [6.07, 6.45) is 4.73. The number of urea groups is 1. The molecule has 3 rings (SSSR count). The molecule has 1 saturated carbocycles. The highest BCUT2D eigenvalue weighted by Crippen LogP contribution is 2.27. The molecule has 0 aliphatic heterocycles. The lowest BCUT2D eigenvalue weighted by Crippen LogP contribution is -2.47. The SMILES string of the molecule is C[C@@H](NC(=O)NCC1(O)CCCCC1)c1nc2ccccc2n1C. The van der Waals surface area contributed by atoms with Crippen LogP contribution in [0, 0.1) is 0 Å². The molecule has 3 N–H and O–H groups in total. The van der Waals surface area contributed by atoms with E-state index >= 15 is 0 Å². The number of carbonyl (C=O) groups excluding carboxylic acids is 1. The zero-order valence-electron chi connectivity index (χ0n) is 14.4. The Bertz CT molecular complexity index is 719. The van der Waals surface area contributed by atoms with Gasteiger partial charge >= 0.3 is 6.03 Å². The number of nitrogens with zero attached hydrogens (tertiary/aromatic N) is 2. The fourth-order valence-corrected chi connectivity index (χ4v) is 3.50. The molecule has 24 heavy (non-hydrogen) atoms. The minimum Gasteiger partial charge on any atom is -0.388 e. The summed E-state index contributed by atoms with van der Waals surface area (Å²) in [5, 5.41) is 16.2. The van der Waals surface area contributed by atoms with Crippen LogP contribution in [0.4, 0.5) is 4.79 Å². The van der Waals surface area contributed by atoms with Crippen molar-refractivity contribution in [1.82, 2.24) is 20.2 Å². The van der Waals surface area contributed by atoms with Crippen molar-refractivity contribution in [2.45, 2.75) is 50.7 Å². The van der Waals surface area contributed by atoms with E-state index in [9.17, 15) is 9.90 Å². The van der Waals surface area contributed by atoms with Gasteiger partial charge in [0.25, 0.3) is 0 Å². The first-order valence-corrected chi connectivity index (χ1v) is 8.67. The summed E-state index contributed by atoms with van der Waals surface area (Å²) < 4.78 is 1.99. The Morgan fingerprint density at radius 2 is 2.04 bits per heavy atom. The van der Waals surface area contributed by atoms with Crippen LogP contribution in [0.5, 0.6) is 0 Å². The Balaban J connectivity index is 1.60. The molecule has 1 aromatic carbocycles. The molecule has 6 nitrogen and oxygen atoms in total. The van der Waals surface area contributed by atoms with E-state index in [1.807, 2.05) is 42.8 Å². The second kappa shape index (κ2) is 6.81. The second-order valence-corrected chi connectivity index (χ2v) is 6.85. The zero-order chi connectivity index (χ0) is 17.2. The Hall–Kier alpha value is -2.08. The number of fused-ring (bicyclic) bond motifs is 1. The van der Waals surface area contributed by atoms with E-state index in [0.717, 1.165) is 49.0 Å². The largest absolute Gasteiger partial charge is 0.388 e. The van der Waals surface area contributed by atoms with E-state index < -0.39 is 5.60 Å². The van der Waals surface area contributed by atoms with Gasteiger partial charge in [0.2, 0.25) is 0 Å². The van der Waals surface area contributed by atoms with E-state index in [0.29, 0.717) is 6.54 Å². The molecule has 1 atom stereocenters. The first kappa shape index (κ1) is 16.8. The number of carbonyl (C=O) groups is 1. The Morgan fingerprint density at radius 3 is 2.75 bits per heavy atom. The summed E-state index contributed by atoms with van der Waals surface area (Å²) in [4.78, 5) is 16.8. The Labute approximate surface area is 142 Å². The highest BCUT2D eigenvalue weighted by atomic mass is 16.3. The van der Waals surface area contributed by atoms with Crippen LogP contribution in [0.25, 0.3) is 11.0 Å². The zero-order valence-corrected chi connectivity index (χ0v) is 14.4. The van der Waals surface area contributed by atoms with Gasteiger partial charge in [-0.25, -0.2) is 9.78 Å². The third-order valence-corrected chi connectivity index (χ3v) is 4.92. The van der Waals surface area contributed by atoms with Crippen LogP contribution in [0.15, 0.2) is 24.3 Å². The third-order valence-electron chi connectivity index (χ3n) is 4.92. The first-order valence-electron chi connectivity index (χ1n) is 8.67. The van der Waals surface area contributed by atoms with Gasteiger partial charge in [-0.05, 0) is 31.9 Å². The number of aromatic nitrogens is 2. The van der Waals surface area contributed by atoms with Crippen LogP contribution in [0.1, 0.15) is 50.9 Å². The molecule has 0 unspecified atom stereocenters. The predicted octanol–water partition coefficient (Wildman–Crippen LogP) is 2.63. The number of aryl methyl sites for hydroxylation is 1. The average molecular weight is 330 g/mol. The topological polar surface area (TPSA) is 79.2 Å². The van der Waals surface area contributed by atoms with Crippen LogP contribution in [0.3, 0.4) is 0 Å². The van der Waals surface area contributed by atoms with Gasteiger partial charge < -0.3 is 20.3 Å². The van der Waals surface area contributed by atoms with Crippen LogP contribution in [0.2, 0.25) is 0 Å². The molecule has 1 heterocycles. The van der Waals surface area contributed by atoms with Gasteiger partial charge in [0.1, 0.15) is 5.82 Å². The number of benzene rings is 1. The van der Waals surface area contributed by atoms with E-state index in [2.05, 4.69) is 15.6 Å². The molecule has 1 aliphatic carbocycles. The predicted molar refractivity (Wildman–Crippen MR) is 93.7 cm³/mol. The lowest BCUT2D eigenvalue weighted by atomic mass is 9.85. The summed E-state index contributed by atoms with van der Waals surface area (Å²) in [5.41, 5.74) is 1.20. The van der Waals surface area contributed by atoms with Crippen LogP contribution in [-0.2, 0) is 7.05 Å². The average Bonchev–Trinajstić information content (AvgIpc) is 2.91. The quantitative estimate of drug-likeness (QED) is 0.806. The summed E-state index contributed by atoms with van der Waals surface area (Å²) in [5.74, 6) is 0.808. The highest BCUT2D eigenvalue weighted by Gasteiger charge is 2.29. The summed E-state index contributed by atoms with van der Waals surface area (Å²) in [6.45, 7) is 2.21. The fraction of sp³-hybridized carbons (Fsp3) is 0.556.